The van der Waals surface area contributed by atoms with Crippen molar-refractivity contribution in [3.05, 3.63) is 138 Å². The SMILES string of the molecule is Cn1c(-c2ccc3c4c5c6ccccc6n(-c6ccccc6)c5ccc4n(-c4cccc(Br)c4)c3c2)nc2ccccc21. The lowest BCUT2D eigenvalue weighted by Crippen LogP contribution is -1.96. The lowest BCUT2D eigenvalue weighted by Gasteiger charge is -2.10. The zero-order chi connectivity index (χ0) is 28.7. The van der Waals surface area contributed by atoms with E-state index in [-0.39, 0.29) is 0 Å². The van der Waals surface area contributed by atoms with Crippen LogP contribution in [0.4, 0.5) is 0 Å². The van der Waals surface area contributed by atoms with E-state index < -0.39 is 0 Å². The first-order valence-electron chi connectivity index (χ1n) is 14.4. The Morgan fingerprint density at radius 2 is 1.16 bits per heavy atom. The van der Waals surface area contributed by atoms with Gasteiger partial charge < -0.3 is 13.7 Å². The van der Waals surface area contributed by atoms with E-state index in [9.17, 15) is 0 Å². The van der Waals surface area contributed by atoms with Gasteiger partial charge in [-0.1, -0.05) is 82.7 Å². The molecule has 3 aromatic heterocycles. The van der Waals surface area contributed by atoms with Gasteiger partial charge in [-0.25, -0.2) is 4.98 Å². The van der Waals surface area contributed by atoms with Crippen molar-refractivity contribution in [3.63, 3.8) is 0 Å². The van der Waals surface area contributed by atoms with Crippen LogP contribution in [0.2, 0.25) is 0 Å². The van der Waals surface area contributed by atoms with Gasteiger partial charge in [-0.3, -0.25) is 0 Å². The maximum absolute atomic E-state index is 5.03. The first kappa shape index (κ1) is 24.5. The first-order valence-corrected chi connectivity index (χ1v) is 15.2. The van der Waals surface area contributed by atoms with E-state index in [4.69, 9.17) is 4.98 Å². The zero-order valence-electron chi connectivity index (χ0n) is 23.4. The fraction of sp³-hybridized carbons (Fsp3) is 0.0263. The van der Waals surface area contributed by atoms with Crippen LogP contribution in [-0.2, 0) is 7.05 Å². The fourth-order valence-electron chi connectivity index (χ4n) is 6.86. The molecule has 6 aromatic carbocycles. The van der Waals surface area contributed by atoms with E-state index in [1.54, 1.807) is 0 Å². The summed E-state index contributed by atoms with van der Waals surface area (Å²) in [4.78, 5) is 5.03. The number of para-hydroxylation sites is 4. The third kappa shape index (κ3) is 3.52. The number of hydrogen-bond acceptors (Lipinski definition) is 1. The molecule has 0 atom stereocenters. The van der Waals surface area contributed by atoms with E-state index in [2.05, 4.69) is 164 Å². The number of halogens is 1. The molecule has 204 valence electrons. The predicted octanol–water partition coefficient (Wildman–Crippen LogP) is 10.2. The Morgan fingerprint density at radius 1 is 0.512 bits per heavy atom. The highest BCUT2D eigenvalue weighted by atomic mass is 79.9. The third-order valence-electron chi connectivity index (χ3n) is 8.69. The summed E-state index contributed by atoms with van der Waals surface area (Å²) in [5.41, 5.74) is 10.2. The van der Waals surface area contributed by atoms with Crippen LogP contribution in [0.3, 0.4) is 0 Å². The molecule has 3 heterocycles. The van der Waals surface area contributed by atoms with Crippen LogP contribution < -0.4 is 0 Å². The molecule has 0 amide bonds. The van der Waals surface area contributed by atoms with Crippen LogP contribution in [0, 0.1) is 0 Å². The summed E-state index contributed by atoms with van der Waals surface area (Å²) >= 11 is 3.73. The summed E-state index contributed by atoms with van der Waals surface area (Å²) in [6, 6.07) is 47.7. The fourth-order valence-corrected chi connectivity index (χ4v) is 7.24. The van der Waals surface area contributed by atoms with Gasteiger partial charge in [0.2, 0.25) is 0 Å². The summed E-state index contributed by atoms with van der Waals surface area (Å²) in [6.45, 7) is 0. The summed E-state index contributed by atoms with van der Waals surface area (Å²) in [5, 5.41) is 5.00. The smallest absolute Gasteiger partial charge is 0.140 e. The number of imidazole rings is 1. The standard InChI is InChI=1S/C38H25BrN4/c1-41-32-17-8-6-15-30(32)40-38(41)24-18-19-29-35(22-24)43(27-13-9-10-25(39)23-27)34-21-20-33-36(37(29)34)28-14-5-7-16-31(28)42(33)26-11-3-2-4-12-26/h2-23H,1H3. The molecule has 4 nitrogen and oxygen atoms in total. The summed E-state index contributed by atoms with van der Waals surface area (Å²) in [6.07, 6.45) is 0. The second-order valence-electron chi connectivity index (χ2n) is 11.1. The normalized spacial score (nSPS) is 12.0. The average Bonchev–Trinajstić information content (AvgIpc) is 3.68. The lowest BCUT2D eigenvalue weighted by molar-refractivity contribution is 0.959. The topological polar surface area (TPSA) is 27.7 Å². The van der Waals surface area contributed by atoms with Crippen molar-refractivity contribution in [2.75, 3.05) is 0 Å². The maximum atomic E-state index is 5.03. The van der Waals surface area contributed by atoms with Gasteiger partial charge in [-0.2, -0.15) is 0 Å². The van der Waals surface area contributed by atoms with E-state index in [1.807, 2.05) is 6.07 Å². The minimum Gasteiger partial charge on any atom is -0.327 e. The molecule has 0 aliphatic carbocycles. The molecular weight excluding hydrogens is 592 g/mol. The summed E-state index contributed by atoms with van der Waals surface area (Å²) in [7, 11) is 2.10. The molecule has 0 unspecified atom stereocenters. The molecule has 0 aliphatic heterocycles. The largest absolute Gasteiger partial charge is 0.327 e. The number of aromatic nitrogens is 4. The highest BCUT2D eigenvalue weighted by Crippen LogP contribution is 2.43. The molecule has 0 saturated heterocycles. The Balaban J connectivity index is 1.44. The lowest BCUT2D eigenvalue weighted by atomic mass is 10.0. The summed E-state index contributed by atoms with van der Waals surface area (Å²) in [5.74, 6) is 0.958. The van der Waals surface area contributed by atoms with Crippen molar-refractivity contribution < 1.29 is 0 Å². The molecule has 0 saturated carbocycles. The van der Waals surface area contributed by atoms with Crippen molar-refractivity contribution in [1.82, 2.24) is 18.7 Å². The van der Waals surface area contributed by atoms with Crippen molar-refractivity contribution in [2.24, 2.45) is 7.05 Å². The molecule has 0 fully saturated rings. The van der Waals surface area contributed by atoms with Crippen LogP contribution in [-0.4, -0.2) is 18.7 Å². The van der Waals surface area contributed by atoms with Crippen LogP contribution in [0.5, 0.6) is 0 Å². The Morgan fingerprint density at radius 3 is 1.93 bits per heavy atom. The van der Waals surface area contributed by atoms with Gasteiger partial charge in [0.15, 0.2) is 0 Å². The van der Waals surface area contributed by atoms with Gasteiger partial charge in [0.1, 0.15) is 5.82 Å². The van der Waals surface area contributed by atoms with E-state index in [1.165, 1.54) is 38.1 Å². The first-order chi connectivity index (χ1) is 21.2. The van der Waals surface area contributed by atoms with Gasteiger partial charge in [0.05, 0.1) is 33.1 Å². The molecule has 0 aliphatic rings. The predicted molar refractivity (Wildman–Crippen MR) is 183 cm³/mol. The van der Waals surface area contributed by atoms with Gasteiger partial charge in [-0.15, -0.1) is 0 Å². The third-order valence-corrected chi connectivity index (χ3v) is 9.18. The number of rotatable bonds is 3. The van der Waals surface area contributed by atoms with Gasteiger partial charge in [-0.05, 0) is 66.7 Å². The van der Waals surface area contributed by atoms with Gasteiger partial charge in [0, 0.05) is 50.0 Å². The summed E-state index contributed by atoms with van der Waals surface area (Å²) < 4.78 is 8.03. The number of benzene rings is 6. The van der Waals surface area contributed by atoms with Gasteiger partial charge >= 0.3 is 0 Å². The molecule has 0 bridgehead atoms. The molecule has 43 heavy (non-hydrogen) atoms. The number of fused-ring (bicyclic) bond motifs is 8. The number of hydrogen-bond donors (Lipinski definition) is 0. The van der Waals surface area contributed by atoms with Gasteiger partial charge in [0.25, 0.3) is 0 Å². The second-order valence-corrected chi connectivity index (χ2v) is 12.0. The minimum atomic E-state index is 0.958. The molecular formula is C38H25BrN4. The van der Waals surface area contributed by atoms with E-state index in [0.717, 1.165) is 43.8 Å². The zero-order valence-corrected chi connectivity index (χ0v) is 25.0. The van der Waals surface area contributed by atoms with Crippen LogP contribution in [0.15, 0.2) is 138 Å². The highest BCUT2D eigenvalue weighted by Gasteiger charge is 2.21. The van der Waals surface area contributed by atoms with Crippen LogP contribution in [0.25, 0.3) is 77.4 Å². The van der Waals surface area contributed by atoms with E-state index >= 15 is 0 Å². The van der Waals surface area contributed by atoms with E-state index in [0.29, 0.717) is 0 Å². The molecule has 9 aromatic rings. The molecule has 5 heteroatoms. The maximum Gasteiger partial charge on any atom is 0.140 e. The van der Waals surface area contributed by atoms with Crippen molar-refractivity contribution in [3.8, 4) is 22.8 Å². The Bertz CT molecular complexity index is 2530. The Kier molecular flexibility index (Phi) is 5.23. The number of aryl methyl sites for hydroxylation is 1. The molecule has 9 rings (SSSR count). The second kappa shape index (κ2) is 9.18. The molecule has 0 radical (unpaired) electrons. The van der Waals surface area contributed by atoms with Crippen molar-refractivity contribution in [2.45, 2.75) is 0 Å². The number of nitrogens with zero attached hydrogens (tertiary/aromatic N) is 4. The molecule has 0 N–H and O–H groups in total. The average molecular weight is 618 g/mol. The molecule has 0 spiro atoms. The van der Waals surface area contributed by atoms with Crippen LogP contribution >= 0.6 is 15.9 Å². The minimum absolute atomic E-state index is 0.958. The monoisotopic (exact) mass is 616 g/mol. The van der Waals surface area contributed by atoms with Crippen molar-refractivity contribution >= 4 is 70.6 Å². The van der Waals surface area contributed by atoms with Crippen LogP contribution in [0.1, 0.15) is 0 Å². The van der Waals surface area contributed by atoms with Crippen molar-refractivity contribution in [1.29, 1.82) is 0 Å². The highest BCUT2D eigenvalue weighted by molar-refractivity contribution is 9.10. The Hall–Kier alpha value is -5.13. The quantitative estimate of drug-likeness (QED) is 0.194. The Labute approximate surface area is 256 Å².